The lowest BCUT2D eigenvalue weighted by Crippen LogP contribution is -2.47. The first-order valence-corrected chi connectivity index (χ1v) is 10.1. The number of ether oxygens (including phenoxy) is 2. The minimum atomic E-state index is -2.80. The molecule has 5 heterocycles. The van der Waals surface area contributed by atoms with Gasteiger partial charge in [-0.1, -0.05) is 0 Å². The Labute approximate surface area is 172 Å². The molecule has 0 amide bonds. The molecule has 2 atom stereocenters. The van der Waals surface area contributed by atoms with E-state index in [2.05, 4.69) is 24.8 Å². The Kier molecular flexibility index (Phi) is 5.07. The Hall–Kier alpha value is -2.66. The van der Waals surface area contributed by atoms with Crippen molar-refractivity contribution < 1.29 is 18.3 Å². The molecule has 9 nitrogen and oxygen atoms in total. The normalized spacial score (nSPS) is 24.0. The Morgan fingerprint density at radius 2 is 1.77 bits per heavy atom. The summed E-state index contributed by atoms with van der Waals surface area (Å²) in [5.41, 5.74) is 5.65. The molecule has 0 saturated carbocycles. The average molecular weight is 419 g/mol. The van der Waals surface area contributed by atoms with E-state index in [4.69, 9.17) is 20.2 Å². The maximum absolute atomic E-state index is 13.7. The van der Waals surface area contributed by atoms with Crippen LogP contribution in [0, 0.1) is 0 Å². The molecular weight excluding hydrogens is 396 g/mol. The summed E-state index contributed by atoms with van der Waals surface area (Å²) >= 11 is 0. The summed E-state index contributed by atoms with van der Waals surface area (Å²) in [7, 11) is 0. The summed E-state index contributed by atoms with van der Waals surface area (Å²) in [5, 5.41) is 0. The number of nitrogens with zero attached hydrogens (tertiary/aromatic N) is 6. The lowest BCUT2D eigenvalue weighted by atomic mass is 10.1. The van der Waals surface area contributed by atoms with E-state index < -0.39 is 12.1 Å². The predicted octanol–water partition coefficient (Wildman–Crippen LogP) is 1.66. The van der Waals surface area contributed by atoms with Gasteiger partial charge in [-0.05, 0) is 12.8 Å². The van der Waals surface area contributed by atoms with Crippen molar-refractivity contribution in [1.29, 1.82) is 0 Å². The summed E-state index contributed by atoms with van der Waals surface area (Å²) in [6.07, 6.45) is 0.513. The van der Waals surface area contributed by atoms with Crippen LogP contribution in [0.2, 0.25) is 0 Å². The lowest BCUT2D eigenvalue weighted by molar-refractivity contribution is 0.0897. The smallest absolute Gasteiger partial charge is 0.281 e. The standard InChI is InChI=1S/C19H23F2N7O2/c20-17(21)16-13(8-23-18(22)26-16)14-7-15(27-3-5-29-6-4-27)25-19(24-14)28-11-1-2-12(28)10-30-9-11/h7-8,11-12,17H,1-6,9-10H2,(H2,22,23,26). The number of fused-ring (bicyclic) bond motifs is 2. The SMILES string of the molecule is Nc1ncc(-c2cc(N3CCOCC3)nc(N3C4CCC3COC4)n2)c(C(F)F)n1. The van der Waals surface area contributed by atoms with Crippen molar-refractivity contribution in [1.82, 2.24) is 19.9 Å². The number of anilines is 3. The van der Waals surface area contributed by atoms with Crippen LogP contribution in [0.15, 0.2) is 12.3 Å². The van der Waals surface area contributed by atoms with Crippen LogP contribution in [0.25, 0.3) is 11.3 Å². The molecule has 3 aliphatic heterocycles. The Balaban J connectivity index is 1.62. The predicted molar refractivity (Wildman–Crippen MR) is 106 cm³/mol. The quantitative estimate of drug-likeness (QED) is 0.792. The Morgan fingerprint density at radius 3 is 2.47 bits per heavy atom. The molecule has 11 heteroatoms. The first-order valence-electron chi connectivity index (χ1n) is 10.1. The third kappa shape index (κ3) is 3.52. The summed E-state index contributed by atoms with van der Waals surface area (Å²) in [6.45, 7) is 3.75. The van der Waals surface area contributed by atoms with Crippen LogP contribution in [-0.2, 0) is 9.47 Å². The number of halogens is 2. The van der Waals surface area contributed by atoms with Gasteiger partial charge in [-0.25, -0.2) is 23.7 Å². The highest BCUT2D eigenvalue weighted by Gasteiger charge is 2.39. The number of nitrogens with two attached hydrogens (primary N) is 1. The third-order valence-corrected chi connectivity index (χ3v) is 5.83. The van der Waals surface area contributed by atoms with Crippen molar-refractivity contribution in [2.24, 2.45) is 0 Å². The molecule has 0 aliphatic carbocycles. The number of aromatic nitrogens is 4. The zero-order valence-electron chi connectivity index (χ0n) is 16.4. The fourth-order valence-corrected chi connectivity index (χ4v) is 4.36. The zero-order valence-corrected chi connectivity index (χ0v) is 16.4. The number of morpholine rings is 2. The number of rotatable bonds is 4. The van der Waals surface area contributed by atoms with Crippen LogP contribution in [0.3, 0.4) is 0 Å². The van der Waals surface area contributed by atoms with Gasteiger partial charge in [-0.15, -0.1) is 0 Å². The van der Waals surface area contributed by atoms with Gasteiger partial charge in [0, 0.05) is 30.9 Å². The Bertz CT molecular complexity index is 910. The first kappa shape index (κ1) is 19.3. The monoisotopic (exact) mass is 419 g/mol. The van der Waals surface area contributed by atoms with Crippen molar-refractivity contribution in [2.75, 3.05) is 55.1 Å². The molecule has 2 N–H and O–H groups in total. The summed E-state index contributed by atoms with van der Waals surface area (Å²) in [5.74, 6) is 1.02. The second-order valence-corrected chi connectivity index (χ2v) is 7.67. The van der Waals surface area contributed by atoms with Crippen LogP contribution >= 0.6 is 0 Å². The highest BCUT2D eigenvalue weighted by Crippen LogP contribution is 2.36. The molecule has 30 heavy (non-hydrogen) atoms. The molecule has 3 saturated heterocycles. The minimum Gasteiger partial charge on any atom is -0.378 e. The van der Waals surface area contributed by atoms with Crippen LogP contribution in [0.1, 0.15) is 25.0 Å². The second kappa shape index (κ2) is 7.88. The topological polar surface area (TPSA) is 103 Å². The van der Waals surface area contributed by atoms with Gasteiger partial charge >= 0.3 is 0 Å². The van der Waals surface area contributed by atoms with Crippen molar-refractivity contribution in [3.05, 3.63) is 18.0 Å². The fourth-order valence-electron chi connectivity index (χ4n) is 4.36. The highest BCUT2D eigenvalue weighted by molar-refractivity contribution is 5.67. The molecule has 2 aromatic rings. The van der Waals surface area contributed by atoms with E-state index in [0.29, 0.717) is 57.0 Å². The van der Waals surface area contributed by atoms with Gasteiger partial charge < -0.3 is 25.0 Å². The van der Waals surface area contributed by atoms with Crippen LogP contribution in [-0.4, -0.2) is 71.5 Å². The third-order valence-electron chi connectivity index (χ3n) is 5.83. The van der Waals surface area contributed by atoms with Crippen molar-refractivity contribution in [3.8, 4) is 11.3 Å². The Morgan fingerprint density at radius 1 is 1.03 bits per heavy atom. The zero-order chi connectivity index (χ0) is 20.7. The van der Waals surface area contributed by atoms with Gasteiger partial charge in [0.15, 0.2) is 0 Å². The van der Waals surface area contributed by atoms with Crippen LogP contribution in [0.4, 0.5) is 26.5 Å². The van der Waals surface area contributed by atoms with Crippen LogP contribution < -0.4 is 15.5 Å². The van der Waals surface area contributed by atoms with Gasteiger partial charge in [0.2, 0.25) is 11.9 Å². The number of hydrogen-bond donors (Lipinski definition) is 1. The molecule has 3 fully saturated rings. The van der Waals surface area contributed by atoms with Gasteiger partial charge in [-0.2, -0.15) is 4.98 Å². The van der Waals surface area contributed by atoms with Gasteiger partial charge in [-0.3, -0.25) is 0 Å². The van der Waals surface area contributed by atoms with Gasteiger partial charge in [0.05, 0.1) is 44.2 Å². The molecular formula is C19H23F2N7O2. The number of nitrogen functional groups attached to an aromatic ring is 1. The minimum absolute atomic E-state index is 0.165. The van der Waals surface area contributed by atoms with E-state index >= 15 is 0 Å². The molecule has 2 aromatic heterocycles. The average Bonchev–Trinajstić information content (AvgIpc) is 3.02. The molecule has 0 spiro atoms. The molecule has 160 valence electrons. The molecule has 3 aliphatic rings. The first-order chi connectivity index (χ1) is 14.6. The van der Waals surface area contributed by atoms with E-state index in [-0.39, 0.29) is 23.6 Å². The molecule has 0 aromatic carbocycles. The number of hydrogen-bond acceptors (Lipinski definition) is 9. The number of alkyl halides is 2. The maximum Gasteiger partial charge on any atom is 0.281 e. The van der Waals surface area contributed by atoms with E-state index in [9.17, 15) is 8.78 Å². The van der Waals surface area contributed by atoms with E-state index in [1.165, 1.54) is 6.20 Å². The highest BCUT2D eigenvalue weighted by atomic mass is 19.3. The summed E-state index contributed by atoms with van der Waals surface area (Å²) in [6, 6.07) is 2.10. The molecule has 2 unspecified atom stereocenters. The van der Waals surface area contributed by atoms with Crippen molar-refractivity contribution in [2.45, 2.75) is 31.4 Å². The fraction of sp³-hybridized carbons (Fsp3) is 0.579. The lowest BCUT2D eigenvalue weighted by Gasteiger charge is -2.36. The maximum atomic E-state index is 13.7. The van der Waals surface area contributed by atoms with E-state index in [1.54, 1.807) is 6.07 Å². The largest absolute Gasteiger partial charge is 0.378 e. The van der Waals surface area contributed by atoms with Crippen LogP contribution in [0.5, 0.6) is 0 Å². The van der Waals surface area contributed by atoms with Gasteiger partial charge in [0.25, 0.3) is 6.43 Å². The summed E-state index contributed by atoms with van der Waals surface area (Å²) < 4.78 is 38.5. The second-order valence-electron chi connectivity index (χ2n) is 7.67. The van der Waals surface area contributed by atoms with Crippen molar-refractivity contribution in [3.63, 3.8) is 0 Å². The van der Waals surface area contributed by atoms with Gasteiger partial charge in [0.1, 0.15) is 11.5 Å². The molecule has 0 radical (unpaired) electrons. The summed E-state index contributed by atoms with van der Waals surface area (Å²) in [4.78, 5) is 21.5. The van der Waals surface area contributed by atoms with Crippen molar-refractivity contribution >= 4 is 17.7 Å². The molecule has 2 bridgehead atoms. The molecule has 5 rings (SSSR count). The van der Waals surface area contributed by atoms with E-state index in [0.717, 1.165) is 12.8 Å². The van der Waals surface area contributed by atoms with E-state index in [1.807, 2.05) is 0 Å².